The van der Waals surface area contributed by atoms with Gasteiger partial charge in [-0.1, -0.05) is 0 Å². The molecule has 0 aliphatic carbocycles. The maximum Gasteiger partial charge on any atom is 0.159 e. The monoisotopic (exact) mass is 237 g/mol. The third-order valence-electron chi connectivity index (χ3n) is 2.65. The molecule has 0 unspecified atom stereocenters. The third-order valence-corrected chi connectivity index (χ3v) is 2.65. The molecule has 0 amide bonds. The summed E-state index contributed by atoms with van der Waals surface area (Å²) in [5, 5.41) is 0. The van der Waals surface area contributed by atoms with Gasteiger partial charge in [-0.05, 0) is 24.3 Å². The van der Waals surface area contributed by atoms with Crippen LogP contribution in [0.15, 0.2) is 42.9 Å². The molecule has 2 N–H and O–H groups in total. The van der Waals surface area contributed by atoms with Crippen LogP contribution in [0.3, 0.4) is 0 Å². The number of aromatic nitrogens is 4. The first kappa shape index (κ1) is 10.7. The Morgan fingerprint density at radius 3 is 2.56 bits per heavy atom. The van der Waals surface area contributed by atoms with Gasteiger partial charge in [-0.15, -0.1) is 0 Å². The fourth-order valence-electron chi connectivity index (χ4n) is 1.75. The predicted molar refractivity (Wildman–Crippen MR) is 68.5 cm³/mol. The van der Waals surface area contributed by atoms with E-state index in [4.69, 9.17) is 5.73 Å². The van der Waals surface area contributed by atoms with Crippen molar-refractivity contribution in [1.29, 1.82) is 0 Å². The summed E-state index contributed by atoms with van der Waals surface area (Å²) in [5.74, 6) is 0.658. The van der Waals surface area contributed by atoms with E-state index in [0.717, 1.165) is 22.3 Å². The van der Waals surface area contributed by atoms with Crippen LogP contribution in [-0.4, -0.2) is 19.9 Å². The lowest BCUT2D eigenvalue weighted by molar-refractivity contribution is 0.969. The van der Waals surface area contributed by atoms with Crippen molar-refractivity contribution in [2.24, 2.45) is 5.73 Å². The number of nitrogens with two attached hydrogens (primary N) is 1. The smallest absolute Gasteiger partial charge is 0.159 e. The van der Waals surface area contributed by atoms with Gasteiger partial charge in [0.2, 0.25) is 0 Å². The Hall–Kier alpha value is -2.40. The van der Waals surface area contributed by atoms with Crippen LogP contribution >= 0.6 is 0 Å². The topological polar surface area (TPSA) is 77.6 Å². The first-order valence-corrected chi connectivity index (χ1v) is 5.60. The van der Waals surface area contributed by atoms with Gasteiger partial charge in [-0.2, -0.15) is 0 Å². The van der Waals surface area contributed by atoms with Crippen molar-refractivity contribution in [3.8, 4) is 11.4 Å². The summed E-state index contributed by atoms with van der Waals surface area (Å²) in [6.07, 6.45) is 5.06. The van der Waals surface area contributed by atoms with Gasteiger partial charge in [0.25, 0.3) is 0 Å². The standard InChI is InChI=1S/C13H11N5/c14-8-10-3-4-17-13(18-10)9-1-2-11-12(7-9)16-6-5-15-11/h1-7H,8,14H2. The molecule has 0 radical (unpaired) electrons. The zero-order valence-electron chi connectivity index (χ0n) is 9.61. The highest BCUT2D eigenvalue weighted by Gasteiger charge is 2.04. The minimum atomic E-state index is 0.406. The Bertz CT molecular complexity index is 696. The van der Waals surface area contributed by atoms with Crippen LogP contribution in [0.5, 0.6) is 0 Å². The van der Waals surface area contributed by atoms with Crippen LogP contribution < -0.4 is 5.73 Å². The third kappa shape index (κ3) is 1.91. The molecule has 1 aromatic carbocycles. The second-order valence-electron chi connectivity index (χ2n) is 3.84. The van der Waals surface area contributed by atoms with E-state index in [2.05, 4.69) is 19.9 Å². The van der Waals surface area contributed by atoms with Gasteiger partial charge in [0.15, 0.2) is 5.82 Å². The quantitative estimate of drug-likeness (QED) is 0.731. The van der Waals surface area contributed by atoms with Crippen LogP contribution in [-0.2, 0) is 6.54 Å². The molecule has 0 atom stereocenters. The Labute approximate surface area is 104 Å². The zero-order chi connectivity index (χ0) is 12.4. The fourth-order valence-corrected chi connectivity index (χ4v) is 1.75. The second-order valence-corrected chi connectivity index (χ2v) is 3.84. The number of nitrogens with zero attached hydrogens (tertiary/aromatic N) is 4. The lowest BCUT2D eigenvalue weighted by atomic mass is 10.2. The van der Waals surface area contributed by atoms with Crippen LogP contribution in [0.1, 0.15) is 5.69 Å². The molecule has 0 spiro atoms. The molecule has 3 aromatic rings. The van der Waals surface area contributed by atoms with Gasteiger partial charge >= 0.3 is 0 Å². The summed E-state index contributed by atoms with van der Waals surface area (Å²) >= 11 is 0. The van der Waals surface area contributed by atoms with Gasteiger partial charge < -0.3 is 5.73 Å². The summed E-state index contributed by atoms with van der Waals surface area (Å²) in [7, 11) is 0. The Balaban J connectivity index is 2.13. The Morgan fingerprint density at radius 2 is 1.72 bits per heavy atom. The first-order valence-electron chi connectivity index (χ1n) is 5.60. The minimum Gasteiger partial charge on any atom is -0.325 e. The molecule has 0 saturated carbocycles. The molecule has 2 heterocycles. The van der Waals surface area contributed by atoms with E-state index < -0.39 is 0 Å². The molecule has 88 valence electrons. The van der Waals surface area contributed by atoms with Crippen molar-refractivity contribution >= 4 is 11.0 Å². The molecule has 5 nitrogen and oxygen atoms in total. The van der Waals surface area contributed by atoms with Crippen molar-refractivity contribution < 1.29 is 0 Å². The van der Waals surface area contributed by atoms with Crippen LogP contribution in [0.25, 0.3) is 22.4 Å². The molecular weight excluding hydrogens is 226 g/mol. The summed E-state index contributed by atoms with van der Waals surface area (Å²) in [4.78, 5) is 17.1. The SMILES string of the molecule is NCc1ccnc(-c2ccc3nccnc3c2)n1. The van der Waals surface area contributed by atoms with Gasteiger partial charge in [-0.3, -0.25) is 9.97 Å². The number of fused-ring (bicyclic) bond motifs is 1. The van der Waals surface area contributed by atoms with Crippen molar-refractivity contribution in [3.63, 3.8) is 0 Å². The van der Waals surface area contributed by atoms with Crippen molar-refractivity contribution in [2.75, 3.05) is 0 Å². The minimum absolute atomic E-state index is 0.406. The summed E-state index contributed by atoms with van der Waals surface area (Å²) < 4.78 is 0. The summed E-state index contributed by atoms with van der Waals surface area (Å²) in [5.41, 5.74) is 9.00. The van der Waals surface area contributed by atoms with E-state index in [1.165, 1.54) is 0 Å². The van der Waals surface area contributed by atoms with Crippen molar-refractivity contribution in [1.82, 2.24) is 19.9 Å². The van der Waals surface area contributed by atoms with Crippen LogP contribution in [0, 0.1) is 0 Å². The molecule has 0 fully saturated rings. The Morgan fingerprint density at radius 1 is 0.889 bits per heavy atom. The average molecular weight is 237 g/mol. The van der Waals surface area contributed by atoms with E-state index in [-0.39, 0.29) is 0 Å². The predicted octanol–water partition coefficient (Wildman–Crippen LogP) is 1.55. The average Bonchev–Trinajstić information content (AvgIpc) is 2.47. The number of hydrogen-bond acceptors (Lipinski definition) is 5. The molecule has 0 aliphatic heterocycles. The number of benzene rings is 1. The van der Waals surface area contributed by atoms with E-state index in [0.29, 0.717) is 12.4 Å². The number of rotatable bonds is 2. The van der Waals surface area contributed by atoms with Crippen LogP contribution in [0.4, 0.5) is 0 Å². The molecule has 3 rings (SSSR count). The molecule has 5 heteroatoms. The highest BCUT2D eigenvalue weighted by molar-refractivity contribution is 5.79. The first-order chi connectivity index (χ1) is 8.86. The molecule has 18 heavy (non-hydrogen) atoms. The Kier molecular flexibility index (Phi) is 2.66. The highest BCUT2D eigenvalue weighted by atomic mass is 14.9. The molecular formula is C13H11N5. The van der Waals surface area contributed by atoms with Crippen molar-refractivity contribution in [3.05, 3.63) is 48.5 Å². The maximum atomic E-state index is 5.57. The van der Waals surface area contributed by atoms with Crippen molar-refractivity contribution in [2.45, 2.75) is 6.54 Å². The summed E-state index contributed by atoms with van der Waals surface area (Å²) in [6, 6.07) is 7.59. The van der Waals surface area contributed by atoms with E-state index in [1.54, 1.807) is 18.6 Å². The molecule has 2 aromatic heterocycles. The highest BCUT2D eigenvalue weighted by Crippen LogP contribution is 2.19. The zero-order valence-corrected chi connectivity index (χ0v) is 9.61. The lowest BCUT2D eigenvalue weighted by Crippen LogP contribution is -2.01. The van der Waals surface area contributed by atoms with Gasteiger partial charge in [-0.25, -0.2) is 9.97 Å². The lowest BCUT2D eigenvalue weighted by Gasteiger charge is -2.03. The summed E-state index contributed by atoms with van der Waals surface area (Å²) in [6.45, 7) is 0.406. The number of hydrogen-bond donors (Lipinski definition) is 1. The van der Waals surface area contributed by atoms with Crippen LogP contribution in [0.2, 0.25) is 0 Å². The van der Waals surface area contributed by atoms with Gasteiger partial charge in [0, 0.05) is 30.7 Å². The molecule has 0 saturated heterocycles. The fraction of sp³-hybridized carbons (Fsp3) is 0.0769. The largest absolute Gasteiger partial charge is 0.325 e. The second kappa shape index (κ2) is 4.46. The molecule has 0 bridgehead atoms. The van der Waals surface area contributed by atoms with E-state index in [1.807, 2.05) is 24.3 Å². The van der Waals surface area contributed by atoms with E-state index in [9.17, 15) is 0 Å². The maximum absolute atomic E-state index is 5.57. The normalized spacial score (nSPS) is 10.7. The van der Waals surface area contributed by atoms with Gasteiger partial charge in [0.1, 0.15) is 0 Å². The van der Waals surface area contributed by atoms with Gasteiger partial charge in [0.05, 0.1) is 16.7 Å². The molecule has 0 aliphatic rings. The van der Waals surface area contributed by atoms with E-state index >= 15 is 0 Å².